The molecule has 0 bridgehead atoms. The van der Waals surface area contributed by atoms with E-state index in [1.54, 1.807) is 0 Å². The van der Waals surface area contributed by atoms with Crippen LogP contribution in [0.4, 0.5) is 0 Å². The number of thiophene rings is 2. The van der Waals surface area contributed by atoms with Gasteiger partial charge in [-0.15, -0.1) is 22.7 Å². The molecule has 3 aromatic heterocycles. The Morgan fingerprint density at radius 1 is 0.556 bits per heavy atom. The van der Waals surface area contributed by atoms with E-state index >= 15 is 0 Å². The van der Waals surface area contributed by atoms with E-state index in [2.05, 4.69) is 0 Å². The first-order chi connectivity index (χ1) is 17.7. The number of benzene rings is 2. The van der Waals surface area contributed by atoms with Crippen LogP contribution in [-0.4, -0.2) is 9.97 Å². The molecular weight excluding hydrogens is 484 g/mol. The van der Waals surface area contributed by atoms with E-state index in [0.29, 0.717) is 33.9 Å². The van der Waals surface area contributed by atoms with Crippen LogP contribution in [-0.2, 0) is 0 Å². The van der Waals surface area contributed by atoms with Gasteiger partial charge < -0.3 is 0 Å². The third-order valence-corrected chi connectivity index (χ3v) is 8.81. The predicted molar refractivity (Wildman–Crippen MR) is 138 cm³/mol. The zero-order valence-electron chi connectivity index (χ0n) is 18.1. The average Bonchev–Trinajstić information content (AvgIpc) is 3.62. The van der Waals surface area contributed by atoms with Gasteiger partial charge in [-0.1, -0.05) is 36.4 Å². The second-order valence-corrected chi connectivity index (χ2v) is 10.3. The van der Waals surface area contributed by atoms with E-state index in [9.17, 15) is 21.0 Å². The van der Waals surface area contributed by atoms with Gasteiger partial charge in [0.05, 0.1) is 11.4 Å². The Morgan fingerprint density at radius 2 is 0.944 bits per heavy atom. The summed E-state index contributed by atoms with van der Waals surface area (Å²) in [6, 6.07) is 23.9. The molecule has 36 heavy (non-hydrogen) atoms. The number of nitriles is 4. The van der Waals surface area contributed by atoms with E-state index in [0.717, 1.165) is 41.1 Å². The van der Waals surface area contributed by atoms with Crippen molar-refractivity contribution in [2.24, 2.45) is 0 Å². The molecule has 162 valence electrons. The molecule has 8 heteroatoms. The van der Waals surface area contributed by atoms with E-state index in [1.807, 2.05) is 72.8 Å². The molecule has 0 radical (unpaired) electrons. The fraction of sp³-hybridized carbons (Fsp3) is 0. The Labute approximate surface area is 212 Å². The van der Waals surface area contributed by atoms with Crippen LogP contribution >= 0.6 is 22.7 Å². The molecule has 0 unspecified atom stereocenters. The number of aromatic nitrogens is 2. The maximum Gasteiger partial charge on any atom is 0.140 e. The highest BCUT2D eigenvalue weighted by Crippen LogP contribution is 2.56. The van der Waals surface area contributed by atoms with Crippen molar-refractivity contribution in [2.75, 3.05) is 0 Å². The van der Waals surface area contributed by atoms with Gasteiger partial charge in [0.2, 0.25) is 0 Å². The lowest BCUT2D eigenvalue weighted by Crippen LogP contribution is -1.99. The predicted octanol–water partition coefficient (Wildman–Crippen LogP) is 6.56. The first kappa shape index (κ1) is 20.3. The maximum absolute atomic E-state index is 9.80. The van der Waals surface area contributed by atoms with E-state index in [1.165, 1.54) is 22.7 Å². The molecule has 6 nitrogen and oxygen atoms in total. The van der Waals surface area contributed by atoms with Gasteiger partial charge in [0.25, 0.3) is 0 Å². The molecule has 0 saturated heterocycles. The smallest absolute Gasteiger partial charge is 0.140 e. The van der Waals surface area contributed by atoms with Crippen molar-refractivity contribution in [1.29, 1.82) is 21.0 Å². The monoisotopic (exact) mass is 492 g/mol. The van der Waals surface area contributed by atoms with Crippen molar-refractivity contribution in [2.45, 2.75) is 0 Å². The molecule has 7 rings (SSSR count). The Kier molecular flexibility index (Phi) is 4.05. The lowest BCUT2D eigenvalue weighted by Gasteiger charge is -2.08. The first-order valence-electron chi connectivity index (χ1n) is 10.8. The second-order valence-electron chi connectivity index (χ2n) is 8.17. The van der Waals surface area contributed by atoms with Crippen LogP contribution in [0.3, 0.4) is 0 Å². The summed E-state index contributed by atoms with van der Waals surface area (Å²) in [5, 5.41) is 41.1. The summed E-state index contributed by atoms with van der Waals surface area (Å²) in [4.78, 5) is 11.6. The molecule has 0 fully saturated rings. The van der Waals surface area contributed by atoms with E-state index in [4.69, 9.17) is 9.97 Å². The summed E-state index contributed by atoms with van der Waals surface area (Å²) in [7, 11) is 0. The Bertz CT molecular complexity index is 1910. The Hall–Kier alpha value is -5.12. The number of hydrogen-bond donors (Lipinski definition) is 0. The molecule has 0 saturated carbocycles. The fourth-order valence-electron chi connectivity index (χ4n) is 5.00. The van der Waals surface area contributed by atoms with Gasteiger partial charge in [-0.2, -0.15) is 21.0 Å². The molecule has 0 aliphatic heterocycles. The van der Waals surface area contributed by atoms with Crippen molar-refractivity contribution in [3.8, 4) is 46.8 Å². The third-order valence-electron chi connectivity index (χ3n) is 6.44. The van der Waals surface area contributed by atoms with Gasteiger partial charge >= 0.3 is 0 Å². The zero-order chi connectivity index (χ0) is 24.6. The standard InChI is InChI=1S/C28H8N6S2/c29-9-13(10-30)19-23-25(21-15-5-1-3-7-17(15)35-27(19)21)33-24-20(14(11-31)12-32)28-22(26(24)34-23)16-6-2-4-8-18(16)36-28/h1-8H. The van der Waals surface area contributed by atoms with Crippen molar-refractivity contribution in [3.05, 3.63) is 80.8 Å². The lowest BCUT2D eigenvalue weighted by atomic mass is 10.1. The van der Waals surface area contributed by atoms with Gasteiger partial charge in [0.15, 0.2) is 0 Å². The van der Waals surface area contributed by atoms with Crippen molar-refractivity contribution < 1.29 is 0 Å². The molecule has 0 atom stereocenters. The summed E-state index contributed by atoms with van der Waals surface area (Å²) >= 11 is 3.00. The van der Waals surface area contributed by atoms with Crippen LogP contribution < -0.4 is 0 Å². The van der Waals surface area contributed by atoms with E-state index < -0.39 is 0 Å². The van der Waals surface area contributed by atoms with Crippen LogP contribution in [0.15, 0.2) is 59.7 Å². The van der Waals surface area contributed by atoms with E-state index in [-0.39, 0.29) is 11.1 Å². The highest BCUT2D eigenvalue weighted by molar-refractivity contribution is 7.21. The molecule has 2 aliphatic rings. The van der Waals surface area contributed by atoms with Crippen LogP contribution in [0.5, 0.6) is 0 Å². The summed E-state index contributed by atoms with van der Waals surface area (Å²) in [5.74, 6) is 0. The summed E-state index contributed by atoms with van der Waals surface area (Å²) in [6.45, 7) is 0. The topological polar surface area (TPSA) is 121 Å². The zero-order valence-corrected chi connectivity index (χ0v) is 19.8. The van der Waals surface area contributed by atoms with Gasteiger partial charge in [-0.3, -0.25) is 0 Å². The molecule has 0 N–H and O–H groups in total. The SMILES string of the molecule is N#CC(C#N)=C1c2nc3c(nc2-c2c1sc1ccccc21)C(=C(C#N)C#N)c1sc2ccccc2c1-3. The van der Waals surface area contributed by atoms with Gasteiger partial charge in [-0.05, 0) is 12.1 Å². The number of hydrogen-bond acceptors (Lipinski definition) is 8. The average molecular weight is 493 g/mol. The summed E-state index contributed by atoms with van der Waals surface area (Å²) in [6.07, 6.45) is 0. The van der Waals surface area contributed by atoms with Crippen LogP contribution in [0, 0.1) is 45.3 Å². The molecule has 2 aliphatic carbocycles. The Morgan fingerprint density at radius 3 is 1.33 bits per heavy atom. The van der Waals surface area contributed by atoms with Crippen LogP contribution in [0.2, 0.25) is 0 Å². The molecule has 0 amide bonds. The Balaban J connectivity index is 1.67. The van der Waals surface area contributed by atoms with Crippen molar-refractivity contribution in [3.63, 3.8) is 0 Å². The number of allylic oxidation sites excluding steroid dienone is 2. The first-order valence-corrected chi connectivity index (χ1v) is 12.4. The minimum atomic E-state index is -0.0188. The molecule has 3 heterocycles. The molecule has 5 aromatic rings. The van der Waals surface area contributed by atoms with Gasteiger partial charge in [-0.25, -0.2) is 9.97 Å². The number of rotatable bonds is 0. The van der Waals surface area contributed by atoms with Gasteiger partial charge in [0.1, 0.15) is 46.8 Å². The summed E-state index contributed by atoms with van der Waals surface area (Å²) < 4.78 is 2.03. The number of nitrogens with zero attached hydrogens (tertiary/aromatic N) is 6. The van der Waals surface area contributed by atoms with Crippen LogP contribution in [0.1, 0.15) is 21.1 Å². The second kappa shape index (κ2) is 7.19. The quantitative estimate of drug-likeness (QED) is 0.221. The third kappa shape index (κ3) is 2.39. The molecule has 2 aromatic carbocycles. The highest BCUT2D eigenvalue weighted by Gasteiger charge is 2.39. The van der Waals surface area contributed by atoms with Crippen molar-refractivity contribution >= 4 is 54.0 Å². The largest absolute Gasteiger partial charge is 0.243 e. The van der Waals surface area contributed by atoms with Crippen molar-refractivity contribution in [1.82, 2.24) is 9.97 Å². The molecule has 0 spiro atoms. The maximum atomic E-state index is 9.80. The highest BCUT2D eigenvalue weighted by atomic mass is 32.1. The van der Waals surface area contributed by atoms with Gasteiger partial charge in [0, 0.05) is 52.2 Å². The normalized spacial score (nSPS) is 12.2. The number of fused-ring (bicyclic) bond motifs is 10. The minimum absolute atomic E-state index is 0.0188. The summed E-state index contributed by atoms with van der Waals surface area (Å²) in [5.41, 5.74) is 4.68. The molecular formula is C28H8N6S2. The van der Waals surface area contributed by atoms with Crippen LogP contribution in [0.25, 0.3) is 53.8 Å². The fourth-order valence-corrected chi connectivity index (χ4v) is 7.51. The minimum Gasteiger partial charge on any atom is -0.243 e. The lowest BCUT2D eigenvalue weighted by molar-refractivity contribution is 1.18.